The van der Waals surface area contributed by atoms with Crippen LogP contribution in [0.15, 0.2) is 21.9 Å². The van der Waals surface area contributed by atoms with E-state index in [2.05, 4.69) is 17.2 Å². The quantitative estimate of drug-likeness (QED) is 0.578. The molecule has 0 aliphatic carbocycles. The molecule has 0 atom stereocenters. The van der Waals surface area contributed by atoms with Gasteiger partial charge in [0.15, 0.2) is 0 Å². The van der Waals surface area contributed by atoms with Gasteiger partial charge in [-0.25, -0.2) is 4.79 Å². The Morgan fingerprint density at radius 2 is 1.74 bits per heavy atom. The summed E-state index contributed by atoms with van der Waals surface area (Å²) in [5, 5.41) is 2.87. The number of nitrogens with zero attached hydrogens (tertiary/aromatic N) is 1. The summed E-state index contributed by atoms with van der Waals surface area (Å²) in [5.74, 6) is -0.0638. The molecule has 0 aliphatic rings. The number of unbranched alkanes of at least 4 members (excludes halogenated alkanes) is 7. The Balaban J connectivity index is 2.04. The smallest absolute Gasteiger partial charge is 0.328 e. The Morgan fingerprint density at radius 3 is 2.39 bits per heavy atom. The lowest BCUT2D eigenvalue weighted by molar-refractivity contribution is -0.121. The standard InChI is InChI=1S/C17H29N3O3/c1-2-3-4-5-6-7-8-9-12-18-15(21)10-13-20-14-11-16(22)19-17(20)23/h11,14H,2-10,12-13H2,1H3,(H,18,21)(H,19,22,23). The van der Waals surface area contributed by atoms with Crippen molar-refractivity contribution < 1.29 is 4.79 Å². The predicted octanol–water partition coefficient (Wildman–Crippen LogP) is 2.18. The van der Waals surface area contributed by atoms with Crippen LogP contribution in [0.3, 0.4) is 0 Å². The maximum Gasteiger partial charge on any atom is 0.328 e. The van der Waals surface area contributed by atoms with Crippen molar-refractivity contribution in [3.05, 3.63) is 33.1 Å². The topological polar surface area (TPSA) is 84.0 Å². The fourth-order valence-electron chi connectivity index (χ4n) is 2.42. The molecule has 0 radical (unpaired) electrons. The minimum atomic E-state index is -0.478. The number of H-pyrrole nitrogens is 1. The Kier molecular flexibility index (Phi) is 9.75. The first-order valence-electron chi connectivity index (χ1n) is 8.70. The second-order valence-electron chi connectivity index (χ2n) is 5.88. The van der Waals surface area contributed by atoms with Crippen LogP contribution in [0.1, 0.15) is 64.7 Å². The van der Waals surface area contributed by atoms with E-state index in [1.807, 2.05) is 0 Å². The first-order chi connectivity index (χ1) is 11.1. The minimum absolute atomic E-state index is 0.0638. The number of amides is 1. The molecule has 0 spiro atoms. The molecule has 1 amide bonds. The monoisotopic (exact) mass is 323 g/mol. The van der Waals surface area contributed by atoms with Gasteiger partial charge >= 0.3 is 5.69 Å². The van der Waals surface area contributed by atoms with E-state index in [1.54, 1.807) is 0 Å². The van der Waals surface area contributed by atoms with Crippen molar-refractivity contribution in [2.75, 3.05) is 6.54 Å². The van der Waals surface area contributed by atoms with E-state index in [0.29, 0.717) is 6.54 Å². The third-order valence-electron chi connectivity index (χ3n) is 3.83. The number of nitrogens with one attached hydrogen (secondary N) is 2. The molecule has 0 bridgehead atoms. The summed E-state index contributed by atoms with van der Waals surface area (Å²) in [4.78, 5) is 36.3. The number of aryl methyl sites for hydroxylation is 1. The van der Waals surface area contributed by atoms with Gasteiger partial charge in [-0.05, 0) is 6.42 Å². The van der Waals surface area contributed by atoms with Crippen molar-refractivity contribution in [3.63, 3.8) is 0 Å². The summed E-state index contributed by atoms with van der Waals surface area (Å²) >= 11 is 0. The molecule has 0 aliphatic heterocycles. The number of carbonyl (C=O) groups is 1. The van der Waals surface area contributed by atoms with Crippen LogP contribution in [0.2, 0.25) is 0 Å². The molecule has 2 N–H and O–H groups in total. The summed E-state index contributed by atoms with van der Waals surface area (Å²) < 4.78 is 1.33. The fourth-order valence-corrected chi connectivity index (χ4v) is 2.42. The van der Waals surface area contributed by atoms with E-state index in [-0.39, 0.29) is 18.9 Å². The predicted molar refractivity (Wildman–Crippen MR) is 91.6 cm³/mol. The molecule has 23 heavy (non-hydrogen) atoms. The molecule has 1 aromatic rings. The largest absolute Gasteiger partial charge is 0.356 e. The van der Waals surface area contributed by atoms with Gasteiger partial charge in [0.2, 0.25) is 5.91 Å². The van der Waals surface area contributed by atoms with Crippen molar-refractivity contribution in [1.29, 1.82) is 0 Å². The Labute approximate surface area is 137 Å². The molecule has 1 heterocycles. The zero-order valence-corrected chi connectivity index (χ0v) is 14.1. The minimum Gasteiger partial charge on any atom is -0.356 e. The lowest BCUT2D eigenvalue weighted by Crippen LogP contribution is -2.31. The molecule has 0 unspecified atom stereocenters. The van der Waals surface area contributed by atoms with Crippen LogP contribution in [0.4, 0.5) is 0 Å². The van der Waals surface area contributed by atoms with Gasteiger partial charge in [0, 0.05) is 31.8 Å². The number of hydrogen-bond acceptors (Lipinski definition) is 3. The highest BCUT2D eigenvalue weighted by molar-refractivity contribution is 5.75. The molecule has 0 saturated heterocycles. The van der Waals surface area contributed by atoms with E-state index in [1.165, 1.54) is 55.4 Å². The summed E-state index contributed by atoms with van der Waals surface area (Å²) in [5.41, 5.74) is -0.904. The number of aromatic nitrogens is 2. The van der Waals surface area contributed by atoms with Crippen LogP contribution in [-0.2, 0) is 11.3 Å². The van der Waals surface area contributed by atoms with E-state index < -0.39 is 11.2 Å². The van der Waals surface area contributed by atoms with E-state index in [9.17, 15) is 14.4 Å². The van der Waals surface area contributed by atoms with Gasteiger partial charge in [-0.15, -0.1) is 0 Å². The number of hydrogen-bond donors (Lipinski definition) is 2. The Bertz CT molecular complexity index is 563. The number of rotatable bonds is 12. The second-order valence-corrected chi connectivity index (χ2v) is 5.88. The molecule has 6 nitrogen and oxygen atoms in total. The molecule has 1 aromatic heterocycles. The third kappa shape index (κ3) is 9.01. The van der Waals surface area contributed by atoms with Crippen molar-refractivity contribution in [2.24, 2.45) is 0 Å². The molecule has 0 saturated carbocycles. The molecule has 0 aromatic carbocycles. The summed E-state index contributed by atoms with van der Waals surface area (Å²) in [6, 6.07) is 1.28. The summed E-state index contributed by atoms with van der Waals surface area (Å²) in [7, 11) is 0. The fraction of sp³-hybridized carbons (Fsp3) is 0.706. The van der Waals surface area contributed by atoms with Crippen LogP contribution in [0.25, 0.3) is 0 Å². The van der Waals surface area contributed by atoms with Gasteiger partial charge in [-0.1, -0.05) is 51.9 Å². The molecule has 1 rings (SSSR count). The van der Waals surface area contributed by atoms with Gasteiger partial charge in [0.25, 0.3) is 5.56 Å². The van der Waals surface area contributed by atoms with E-state index >= 15 is 0 Å². The van der Waals surface area contributed by atoms with Crippen molar-refractivity contribution in [3.8, 4) is 0 Å². The average molecular weight is 323 g/mol. The van der Waals surface area contributed by atoms with Crippen LogP contribution in [-0.4, -0.2) is 22.0 Å². The van der Waals surface area contributed by atoms with Gasteiger partial charge < -0.3 is 9.88 Å². The first-order valence-corrected chi connectivity index (χ1v) is 8.70. The average Bonchev–Trinajstić information content (AvgIpc) is 2.52. The van der Waals surface area contributed by atoms with Crippen LogP contribution in [0.5, 0.6) is 0 Å². The van der Waals surface area contributed by atoms with Gasteiger partial charge in [-0.2, -0.15) is 0 Å². The second kappa shape index (κ2) is 11.7. The molecule has 6 heteroatoms. The maximum absolute atomic E-state index is 11.7. The van der Waals surface area contributed by atoms with Crippen LogP contribution >= 0.6 is 0 Å². The highest BCUT2D eigenvalue weighted by Gasteiger charge is 2.03. The Morgan fingerprint density at radius 1 is 1.09 bits per heavy atom. The lowest BCUT2D eigenvalue weighted by atomic mass is 10.1. The molecule has 130 valence electrons. The van der Waals surface area contributed by atoms with Gasteiger partial charge in [0.1, 0.15) is 0 Å². The van der Waals surface area contributed by atoms with E-state index in [0.717, 1.165) is 12.8 Å². The van der Waals surface area contributed by atoms with Crippen molar-refractivity contribution in [2.45, 2.75) is 71.3 Å². The zero-order valence-electron chi connectivity index (χ0n) is 14.1. The number of aromatic amines is 1. The molecule has 0 fully saturated rings. The van der Waals surface area contributed by atoms with Crippen LogP contribution in [0, 0.1) is 0 Å². The normalized spacial score (nSPS) is 10.7. The Hall–Kier alpha value is -1.85. The van der Waals surface area contributed by atoms with Gasteiger partial charge in [0.05, 0.1) is 0 Å². The summed E-state index contributed by atoms with van der Waals surface area (Å²) in [6.45, 7) is 3.18. The lowest BCUT2D eigenvalue weighted by Gasteiger charge is -2.06. The molecular formula is C17H29N3O3. The molecular weight excluding hydrogens is 294 g/mol. The van der Waals surface area contributed by atoms with Gasteiger partial charge in [-0.3, -0.25) is 14.6 Å². The third-order valence-corrected chi connectivity index (χ3v) is 3.83. The highest BCUT2D eigenvalue weighted by atomic mass is 16.2. The summed E-state index contributed by atoms with van der Waals surface area (Å²) in [6.07, 6.45) is 11.5. The van der Waals surface area contributed by atoms with E-state index in [4.69, 9.17) is 0 Å². The zero-order chi connectivity index (χ0) is 16.9. The van der Waals surface area contributed by atoms with Crippen LogP contribution < -0.4 is 16.6 Å². The van der Waals surface area contributed by atoms with Crippen molar-refractivity contribution in [1.82, 2.24) is 14.9 Å². The van der Waals surface area contributed by atoms with Crippen molar-refractivity contribution >= 4 is 5.91 Å². The SMILES string of the molecule is CCCCCCCCCCNC(=O)CCn1ccc(=O)[nH]c1=O. The first kappa shape index (κ1) is 19.2. The highest BCUT2D eigenvalue weighted by Crippen LogP contribution is 2.07. The maximum atomic E-state index is 11.7. The number of carbonyl (C=O) groups excluding carboxylic acids is 1.